The molecule has 0 aliphatic carbocycles. The van der Waals surface area contributed by atoms with Crippen molar-refractivity contribution in [3.05, 3.63) is 0 Å². The summed E-state index contributed by atoms with van der Waals surface area (Å²) in [6.45, 7) is 30.5. The van der Waals surface area contributed by atoms with Crippen molar-refractivity contribution in [1.29, 1.82) is 0 Å². The molecule has 8 radical (unpaired) electrons. The van der Waals surface area contributed by atoms with Gasteiger partial charge >= 0.3 is 8.60 Å². The molecular weight excluding hydrogens is 436 g/mol. The molecule has 0 saturated carbocycles. The van der Waals surface area contributed by atoms with Crippen LogP contribution in [-0.2, 0) is 52.2 Å². The van der Waals surface area contributed by atoms with E-state index in [1.54, 1.807) is 0 Å². The zero-order valence-corrected chi connectivity index (χ0v) is 18.1. The Bertz CT molecular complexity index is 192. The number of hydrogen-bond acceptors (Lipinski definition) is 7. The molecule has 3 atom stereocenters. The molecule has 0 N–H and O–H groups in total. The van der Waals surface area contributed by atoms with Crippen LogP contribution in [0.1, 0.15) is 60.8 Å². The summed E-state index contributed by atoms with van der Waals surface area (Å²) in [7, 11) is -1.20. The van der Waals surface area contributed by atoms with Gasteiger partial charge < -0.3 is 13.6 Å². The Morgan fingerprint density at radius 3 is 0.880 bits per heavy atom. The van der Waals surface area contributed by atoms with Crippen LogP contribution in [0.5, 0.6) is 0 Å². The molecule has 9 heteroatoms. The zero-order chi connectivity index (χ0) is 20.6. The molecule has 0 aliphatic heterocycles. The maximum absolute atomic E-state index is 7.50. The third-order valence-corrected chi connectivity index (χ3v) is 4.12. The van der Waals surface area contributed by atoms with Crippen LogP contribution in [0.4, 0.5) is 0 Å². The first-order chi connectivity index (χ1) is 11.5. The Morgan fingerprint density at radius 1 is 0.600 bits per heavy atom. The molecule has 146 valence electrons. The minimum atomic E-state index is -1.20. The Morgan fingerprint density at radius 2 is 0.760 bits per heavy atom. The first-order valence-electron chi connectivity index (χ1n) is 7.15. The smallest absolute Gasteiger partial charge is 0.309 e. The summed E-state index contributed by atoms with van der Waals surface area (Å²) in [6.07, 6.45) is 3.52. The number of carbonyl (C=O) groups excluding carboxylic acids is 4. The van der Waals surface area contributed by atoms with Crippen LogP contribution in [0.3, 0.4) is 0 Å². The fraction of sp³-hybridized carbons (Fsp3) is 0.750. The van der Waals surface area contributed by atoms with Gasteiger partial charge in [-0.1, -0.05) is 20.8 Å². The molecule has 0 spiro atoms. The molecule has 0 aromatic rings. The molecule has 0 heterocycles. The minimum Gasteiger partial charge on any atom is -0.309 e. The van der Waals surface area contributed by atoms with Gasteiger partial charge in [0.2, 0.25) is 0 Å². The normalized spacial score (nSPS) is 12.9. The Hall–Kier alpha value is -0.387. The van der Waals surface area contributed by atoms with Crippen LogP contribution in [0.15, 0.2) is 0 Å². The summed E-state index contributed by atoms with van der Waals surface area (Å²) in [5, 5.41) is 0. The third kappa shape index (κ3) is 35.6. The minimum absolute atomic E-state index is 0. The standard InChI is InChI=1S/C12H27O3P.4CO.Ru/c1-7-10(4)13-16(14-11(5)8-2)15-12(6)9-3;4*1-2;/h10-12H,7-9H2,1-6H3;;;;;. The Labute approximate surface area is 167 Å². The maximum Gasteiger partial charge on any atom is 0.333 e. The molecule has 0 rings (SSSR count). The maximum atomic E-state index is 7.50. The molecule has 0 saturated heterocycles. The third-order valence-electron chi connectivity index (χ3n) is 2.52. The van der Waals surface area contributed by atoms with E-state index in [2.05, 4.69) is 68.7 Å². The van der Waals surface area contributed by atoms with Gasteiger partial charge in [0.25, 0.3) is 27.2 Å². The van der Waals surface area contributed by atoms with Gasteiger partial charge in [-0.3, -0.25) is 19.2 Å². The summed E-state index contributed by atoms with van der Waals surface area (Å²) in [5.74, 6) is 0. The van der Waals surface area contributed by atoms with Gasteiger partial charge in [0.15, 0.2) is 0 Å². The summed E-state index contributed by atoms with van der Waals surface area (Å²) in [4.78, 5) is 30.0. The molecule has 0 bridgehead atoms. The molecule has 7 nitrogen and oxygen atoms in total. The quantitative estimate of drug-likeness (QED) is 0.383. The van der Waals surface area contributed by atoms with Crippen molar-refractivity contribution in [2.24, 2.45) is 0 Å². The van der Waals surface area contributed by atoms with Crippen LogP contribution in [0.25, 0.3) is 0 Å². The predicted octanol–water partition coefficient (Wildman–Crippen LogP) is 3.07. The van der Waals surface area contributed by atoms with Crippen molar-refractivity contribution in [3.8, 4) is 0 Å². The van der Waals surface area contributed by atoms with Gasteiger partial charge in [-0.25, -0.2) is 0 Å². The summed E-state index contributed by atoms with van der Waals surface area (Å²) in [6, 6.07) is 0. The molecule has 0 aromatic heterocycles. The van der Waals surface area contributed by atoms with E-state index < -0.39 is 8.60 Å². The van der Waals surface area contributed by atoms with Crippen LogP contribution in [0, 0.1) is 0 Å². The SMILES string of the molecule is CCC(C)OP(OC(C)CC)OC(C)CC.[C]=O.[C]=O.[C]=O.[C]=O.[Ru]. The molecule has 3 unspecified atom stereocenters. The van der Waals surface area contributed by atoms with Gasteiger partial charge in [0, 0.05) is 19.5 Å². The van der Waals surface area contributed by atoms with E-state index in [1.165, 1.54) is 0 Å². The second-order valence-corrected chi connectivity index (χ2v) is 5.28. The van der Waals surface area contributed by atoms with E-state index in [-0.39, 0.29) is 37.8 Å². The van der Waals surface area contributed by atoms with Crippen LogP contribution in [0.2, 0.25) is 0 Å². The molecule has 0 aromatic carbocycles. The zero-order valence-electron chi connectivity index (χ0n) is 15.5. The second kappa shape index (κ2) is 38.9. The van der Waals surface area contributed by atoms with Gasteiger partial charge in [-0.15, -0.1) is 0 Å². The van der Waals surface area contributed by atoms with Crippen LogP contribution >= 0.6 is 8.60 Å². The van der Waals surface area contributed by atoms with E-state index >= 15 is 0 Å². The number of hydrogen-bond donors (Lipinski definition) is 0. The van der Waals surface area contributed by atoms with Crippen molar-refractivity contribution in [3.63, 3.8) is 0 Å². The fourth-order valence-electron chi connectivity index (χ4n) is 0.739. The Balaban J connectivity index is -0.0000000874. The van der Waals surface area contributed by atoms with Crippen LogP contribution in [-0.4, -0.2) is 45.5 Å². The van der Waals surface area contributed by atoms with Gasteiger partial charge in [0.05, 0.1) is 18.3 Å². The molecule has 0 amide bonds. The first-order valence-corrected chi connectivity index (χ1v) is 8.24. The average molecular weight is 463 g/mol. The van der Waals surface area contributed by atoms with Crippen molar-refractivity contribution < 1.29 is 52.2 Å². The van der Waals surface area contributed by atoms with Crippen molar-refractivity contribution in [2.45, 2.75) is 79.1 Å². The second-order valence-electron chi connectivity index (χ2n) is 4.20. The van der Waals surface area contributed by atoms with E-state index in [9.17, 15) is 0 Å². The summed E-state index contributed by atoms with van der Waals surface area (Å²) >= 11 is 0. The molecular formula is C16H27O7PRu. The molecule has 0 aliphatic rings. The fourth-order valence-corrected chi connectivity index (χ4v) is 2.22. The number of rotatable bonds is 9. The summed E-state index contributed by atoms with van der Waals surface area (Å²) < 4.78 is 17.3. The Kier molecular flexibility index (Phi) is 61.7. The first kappa shape index (κ1) is 39.6. The predicted molar refractivity (Wildman–Crippen MR) is 92.2 cm³/mol. The van der Waals surface area contributed by atoms with E-state index in [4.69, 9.17) is 32.7 Å². The molecule has 0 fully saturated rings. The molecule has 25 heavy (non-hydrogen) atoms. The van der Waals surface area contributed by atoms with Crippen LogP contribution < -0.4 is 0 Å². The van der Waals surface area contributed by atoms with E-state index in [0.29, 0.717) is 0 Å². The van der Waals surface area contributed by atoms with Crippen molar-refractivity contribution >= 4 is 35.8 Å². The van der Waals surface area contributed by atoms with Crippen molar-refractivity contribution in [1.82, 2.24) is 0 Å². The van der Waals surface area contributed by atoms with E-state index in [0.717, 1.165) is 19.3 Å². The van der Waals surface area contributed by atoms with Crippen molar-refractivity contribution in [2.75, 3.05) is 0 Å². The van der Waals surface area contributed by atoms with Gasteiger partial charge in [-0.2, -0.15) is 0 Å². The van der Waals surface area contributed by atoms with Gasteiger partial charge in [0.1, 0.15) is 0 Å². The topological polar surface area (TPSA) is 96.0 Å². The van der Waals surface area contributed by atoms with E-state index in [1.807, 2.05) is 0 Å². The summed E-state index contributed by atoms with van der Waals surface area (Å²) in [5.41, 5.74) is 0. The van der Waals surface area contributed by atoms with Gasteiger partial charge in [-0.05, 0) is 40.0 Å². The largest absolute Gasteiger partial charge is 0.333 e. The average Bonchev–Trinajstić information content (AvgIpc) is 2.67. The monoisotopic (exact) mass is 464 g/mol.